The van der Waals surface area contributed by atoms with Crippen LogP contribution in [0, 0.1) is 6.92 Å². The highest BCUT2D eigenvalue weighted by Gasteiger charge is 2.29. The second-order valence-electron chi connectivity index (χ2n) is 7.31. The molecule has 1 aliphatic rings. The van der Waals surface area contributed by atoms with Crippen molar-refractivity contribution in [2.45, 2.75) is 25.7 Å². The predicted octanol–water partition coefficient (Wildman–Crippen LogP) is 4.44. The molecule has 7 heteroatoms. The number of nitrogens with one attached hydrogen (secondary N) is 1. The molecule has 0 aliphatic heterocycles. The van der Waals surface area contributed by atoms with Crippen molar-refractivity contribution in [1.82, 2.24) is 14.5 Å². The molecule has 3 aromatic heterocycles. The minimum atomic E-state index is -0.332. The average molecular weight is 388 g/mol. The van der Waals surface area contributed by atoms with Crippen LogP contribution in [0.15, 0.2) is 53.3 Å². The predicted molar refractivity (Wildman–Crippen MR) is 108 cm³/mol. The first-order valence-corrected chi connectivity index (χ1v) is 9.53. The number of hydrogen-bond donors (Lipinski definition) is 1. The van der Waals surface area contributed by atoms with E-state index < -0.39 is 0 Å². The molecule has 1 N–H and O–H groups in total. The first-order chi connectivity index (χ1) is 14.1. The highest BCUT2D eigenvalue weighted by molar-refractivity contribution is 6.04. The number of fused-ring (bicyclic) bond motifs is 1. The van der Waals surface area contributed by atoms with Gasteiger partial charge in [-0.05, 0) is 49.6 Å². The number of amides is 1. The third-order valence-corrected chi connectivity index (χ3v) is 5.16. The van der Waals surface area contributed by atoms with Crippen molar-refractivity contribution in [1.29, 1.82) is 0 Å². The quantitative estimate of drug-likeness (QED) is 0.547. The molecule has 1 saturated carbocycles. The van der Waals surface area contributed by atoms with E-state index >= 15 is 0 Å². The number of nitrogens with zero attached hydrogens (tertiary/aromatic N) is 3. The first kappa shape index (κ1) is 17.5. The number of pyridine rings is 1. The van der Waals surface area contributed by atoms with E-state index in [1.54, 1.807) is 13.2 Å². The van der Waals surface area contributed by atoms with Gasteiger partial charge in [0.25, 0.3) is 5.91 Å². The molecule has 7 nitrogen and oxygen atoms in total. The minimum Gasteiger partial charge on any atom is -0.495 e. The summed E-state index contributed by atoms with van der Waals surface area (Å²) in [5, 5.41) is 6.79. The van der Waals surface area contributed by atoms with Gasteiger partial charge in [-0.3, -0.25) is 4.79 Å². The zero-order valence-electron chi connectivity index (χ0n) is 16.2. The fourth-order valence-corrected chi connectivity index (χ4v) is 3.40. The molecule has 0 unspecified atom stereocenters. The van der Waals surface area contributed by atoms with E-state index in [0.29, 0.717) is 17.4 Å². The highest BCUT2D eigenvalue weighted by atomic mass is 16.5. The average Bonchev–Trinajstić information content (AvgIpc) is 3.27. The van der Waals surface area contributed by atoms with Crippen molar-refractivity contribution < 1.29 is 14.1 Å². The van der Waals surface area contributed by atoms with Crippen molar-refractivity contribution >= 4 is 17.2 Å². The number of aryl methyl sites for hydroxylation is 1. The summed E-state index contributed by atoms with van der Waals surface area (Å²) in [5.74, 6) is 1.41. The molecule has 146 valence electrons. The summed E-state index contributed by atoms with van der Waals surface area (Å²) in [5.41, 5.74) is 4.51. The molecule has 1 aliphatic carbocycles. The van der Waals surface area contributed by atoms with Crippen LogP contribution < -0.4 is 10.1 Å². The highest BCUT2D eigenvalue weighted by Crippen LogP contribution is 2.40. The van der Waals surface area contributed by atoms with Gasteiger partial charge in [0.1, 0.15) is 17.2 Å². The maximum Gasteiger partial charge on any atom is 0.277 e. The summed E-state index contributed by atoms with van der Waals surface area (Å²) in [6, 6.07) is 11.3. The lowest BCUT2D eigenvalue weighted by Gasteiger charge is -2.10. The molecule has 29 heavy (non-hydrogen) atoms. The lowest BCUT2D eigenvalue weighted by molar-refractivity contribution is 0.101. The molecule has 1 aromatic carbocycles. The van der Waals surface area contributed by atoms with E-state index in [1.807, 2.05) is 54.0 Å². The Kier molecular flexibility index (Phi) is 4.08. The van der Waals surface area contributed by atoms with Gasteiger partial charge in [0.05, 0.1) is 18.5 Å². The van der Waals surface area contributed by atoms with Gasteiger partial charge in [-0.15, -0.1) is 0 Å². The second kappa shape index (κ2) is 6.77. The standard InChI is InChI=1S/C22H20N4O3/c1-13-4-3-9-26-12-18(23-21(13)26)15-7-8-19(28-2)16(10-15)24-22(27)17-11-20(29-25-17)14-5-6-14/h3-4,7-12,14H,5-6H2,1-2H3,(H,24,27). The van der Waals surface area contributed by atoms with Crippen molar-refractivity contribution in [3.8, 4) is 17.0 Å². The van der Waals surface area contributed by atoms with Gasteiger partial charge in [0.15, 0.2) is 5.69 Å². The molecule has 5 rings (SSSR count). The molecule has 1 amide bonds. The van der Waals surface area contributed by atoms with E-state index in [2.05, 4.69) is 10.5 Å². The van der Waals surface area contributed by atoms with E-state index in [9.17, 15) is 4.79 Å². The van der Waals surface area contributed by atoms with Gasteiger partial charge in [-0.2, -0.15) is 0 Å². The molecule has 1 fully saturated rings. The number of carbonyl (C=O) groups excluding carboxylic acids is 1. The number of anilines is 1. The van der Waals surface area contributed by atoms with Crippen LogP contribution in [0.3, 0.4) is 0 Å². The minimum absolute atomic E-state index is 0.266. The Balaban J connectivity index is 1.46. The lowest BCUT2D eigenvalue weighted by atomic mass is 10.1. The number of rotatable bonds is 5. The molecule has 3 heterocycles. The van der Waals surface area contributed by atoms with Crippen LogP contribution in [0.4, 0.5) is 5.69 Å². The van der Waals surface area contributed by atoms with Gasteiger partial charge < -0.3 is 19.0 Å². The van der Waals surface area contributed by atoms with Crippen LogP contribution in [-0.4, -0.2) is 27.6 Å². The van der Waals surface area contributed by atoms with Crippen LogP contribution in [0.25, 0.3) is 16.9 Å². The molecule has 0 atom stereocenters. The number of carbonyl (C=O) groups is 1. The molecule has 0 spiro atoms. The van der Waals surface area contributed by atoms with Crippen molar-refractivity contribution in [3.05, 3.63) is 65.8 Å². The van der Waals surface area contributed by atoms with Gasteiger partial charge >= 0.3 is 0 Å². The number of hydrogen-bond acceptors (Lipinski definition) is 5. The lowest BCUT2D eigenvalue weighted by Crippen LogP contribution is -2.13. The smallest absolute Gasteiger partial charge is 0.277 e. The Bertz CT molecular complexity index is 1220. The van der Waals surface area contributed by atoms with Gasteiger partial charge in [0, 0.05) is 29.9 Å². The van der Waals surface area contributed by atoms with Gasteiger partial charge in [-0.1, -0.05) is 11.2 Å². The van der Waals surface area contributed by atoms with Crippen LogP contribution in [0.1, 0.15) is 40.6 Å². The second-order valence-corrected chi connectivity index (χ2v) is 7.31. The molecular formula is C22H20N4O3. The van der Waals surface area contributed by atoms with Crippen molar-refractivity contribution in [2.75, 3.05) is 12.4 Å². The SMILES string of the molecule is COc1ccc(-c2cn3cccc(C)c3n2)cc1NC(=O)c1cc(C2CC2)on1. The fourth-order valence-electron chi connectivity index (χ4n) is 3.40. The Morgan fingerprint density at radius 3 is 2.90 bits per heavy atom. The summed E-state index contributed by atoms with van der Waals surface area (Å²) in [7, 11) is 1.57. The zero-order chi connectivity index (χ0) is 20.0. The fraction of sp³-hybridized carbons (Fsp3) is 0.227. The topological polar surface area (TPSA) is 81.7 Å². The third-order valence-electron chi connectivity index (χ3n) is 5.16. The summed E-state index contributed by atoms with van der Waals surface area (Å²) in [6.45, 7) is 2.03. The van der Waals surface area contributed by atoms with Crippen LogP contribution in [-0.2, 0) is 0 Å². The number of ether oxygens (including phenoxy) is 1. The van der Waals surface area contributed by atoms with Crippen LogP contribution >= 0.6 is 0 Å². The summed E-state index contributed by atoms with van der Waals surface area (Å²) in [4.78, 5) is 17.4. The molecule has 0 bridgehead atoms. The molecule has 0 radical (unpaired) electrons. The van der Waals surface area contributed by atoms with E-state index in [0.717, 1.165) is 41.1 Å². The largest absolute Gasteiger partial charge is 0.495 e. The van der Waals surface area contributed by atoms with Gasteiger partial charge in [0.2, 0.25) is 0 Å². The zero-order valence-corrected chi connectivity index (χ0v) is 16.2. The summed E-state index contributed by atoms with van der Waals surface area (Å²) < 4.78 is 12.7. The molecule has 4 aromatic rings. The van der Waals surface area contributed by atoms with Crippen molar-refractivity contribution in [2.24, 2.45) is 0 Å². The number of methoxy groups -OCH3 is 1. The van der Waals surface area contributed by atoms with Gasteiger partial charge in [-0.25, -0.2) is 4.98 Å². The Morgan fingerprint density at radius 1 is 1.28 bits per heavy atom. The molecular weight excluding hydrogens is 368 g/mol. The first-order valence-electron chi connectivity index (χ1n) is 9.53. The Hall–Kier alpha value is -3.61. The maximum absolute atomic E-state index is 12.7. The molecule has 0 saturated heterocycles. The Labute approximate surface area is 167 Å². The number of benzene rings is 1. The number of imidazole rings is 1. The van der Waals surface area contributed by atoms with E-state index in [1.165, 1.54) is 0 Å². The number of aromatic nitrogens is 3. The normalized spacial score (nSPS) is 13.6. The monoisotopic (exact) mass is 388 g/mol. The maximum atomic E-state index is 12.7. The summed E-state index contributed by atoms with van der Waals surface area (Å²) in [6.07, 6.45) is 6.11. The van der Waals surface area contributed by atoms with Crippen molar-refractivity contribution in [3.63, 3.8) is 0 Å². The Morgan fingerprint density at radius 2 is 2.14 bits per heavy atom. The van der Waals surface area contributed by atoms with E-state index in [-0.39, 0.29) is 11.6 Å². The van der Waals surface area contributed by atoms with Crippen LogP contribution in [0.2, 0.25) is 0 Å². The van der Waals surface area contributed by atoms with E-state index in [4.69, 9.17) is 14.2 Å². The third kappa shape index (κ3) is 3.24. The van der Waals surface area contributed by atoms with Crippen LogP contribution in [0.5, 0.6) is 5.75 Å². The summed E-state index contributed by atoms with van der Waals surface area (Å²) >= 11 is 0.